The van der Waals surface area contributed by atoms with Crippen LogP contribution in [-0.2, 0) is 12.8 Å². The fourth-order valence-corrected chi connectivity index (χ4v) is 4.41. The van der Waals surface area contributed by atoms with Gasteiger partial charge in [-0.3, -0.25) is 4.79 Å². The second-order valence-corrected chi connectivity index (χ2v) is 7.31. The molecule has 1 aromatic rings. The molecular formula is C17H29ClN2OS. The largest absolute Gasteiger partial charge is 0.338 e. The number of carbonyl (C=O) groups is 1. The van der Waals surface area contributed by atoms with Crippen molar-refractivity contribution >= 4 is 29.7 Å². The molecule has 0 bridgehead atoms. The minimum absolute atomic E-state index is 0. The predicted octanol–water partition coefficient (Wildman–Crippen LogP) is 3.88. The molecule has 1 saturated heterocycles. The number of piperidine rings is 1. The Morgan fingerprint density at radius 2 is 2.23 bits per heavy atom. The molecule has 2 rings (SSSR count). The minimum Gasteiger partial charge on any atom is -0.338 e. The highest BCUT2D eigenvalue weighted by Gasteiger charge is 2.27. The molecule has 1 aliphatic rings. The first-order valence-corrected chi connectivity index (χ1v) is 9.04. The van der Waals surface area contributed by atoms with Crippen molar-refractivity contribution in [2.24, 2.45) is 11.7 Å². The lowest BCUT2D eigenvalue weighted by Crippen LogP contribution is -2.44. The molecule has 0 spiro atoms. The Hall–Kier alpha value is -0.580. The van der Waals surface area contributed by atoms with E-state index in [0.29, 0.717) is 5.92 Å². The van der Waals surface area contributed by atoms with Crippen LogP contribution in [0.4, 0.5) is 0 Å². The summed E-state index contributed by atoms with van der Waals surface area (Å²) in [5.41, 5.74) is 7.37. The maximum absolute atomic E-state index is 12.7. The number of halogens is 1. The number of nitrogens with two attached hydrogens (primary N) is 1. The Labute approximate surface area is 144 Å². The number of carbonyl (C=O) groups excluding carboxylic acids is 1. The van der Waals surface area contributed by atoms with E-state index in [1.54, 1.807) is 11.3 Å². The Morgan fingerprint density at radius 3 is 2.82 bits per heavy atom. The molecule has 2 atom stereocenters. The topological polar surface area (TPSA) is 46.3 Å². The molecule has 2 unspecified atom stereocenters. The van der Waals surface area contributed by atoms with Crippen molar-refractivity contribution in [2.45, 2.75) is 58.9 Å². The third kappa shape index (κ3) is 4.46. The van der Waals surface area contributed by atoms with E-state index < -0.39 is 0 Å². The van der Waals surface area contributed by atoms with Gasteiger partial charge in [-0.15, -0.1) is 23.7 Å². The Balaban J connectivity index is 0.00000242. The third-order valence-corrected chi connectivity index (χ3v) is 5.68. The highest BCUT2D eigenvalue weighted by Crippen LogP contribution is 2.27. The summed E-state index contributed by atoms with van der Waals surface area (Å²) in [7, 11) is 0. The number of amides is 1. The van der Waals surface area contributed by atoms with Crippen LogP contribution >= 0.6 is 23.7 Å². The summed E-state index contributed by atoms with van der Waals surface area (Å²) in [4.78, 5) is 17.1. The van der Waals surface area contributed by atoms with Gasteiger partial charge in [0.15, 0.2) is 0 Å². The Morgan fingerprint density at radius 1 is 1.50 bits per heavy atom. The second kappa shape index (κ2) is 8.90. The fourth-order valence-electron chi connectivity index (χ4n) is 3.09. The lowest BCUT2D eigenvalue weighted by Gasteiger charge is -2.34. The van der Waals surface area contributed by atoms with Gasteiger partial charge in [-0.05, 0) is 50.2 Å². The van der Waals surface area contributed by atoms with Gasteiger partial charge in [0.1, 0.15) is 0 Å². The Kier molecular flexibility index (Phi) is 7.87. The van der Waals surface area contributed by atoms with Gasteiger partial charge in [-0.25, -0.2) is 0 Å². The number of thiophene rings is 1. The van der Waals surface area contributed by atoms with Crippen LogP contribution in [0.15, 0.2) is 6.07 Å². The molecule has 1 aliphatic heterocycles. The first kappa shape index (κ1) is 19.5. The molecule has 0 saturated carbocycles. The van der Waals surface area contributed by atoms with Gasteiger partial charge in [0.05, 0.1) is 4.88 Å². The van der Waals surface area contributed by atoms with Crippen LogP contribution in [0.1, 0.15) is 60.1 Å². The molecule has 0 aromatic carbocycles. The van der Waals surface area contributed by atoms with Crippen molar-refractivity contribution in [3.63, 3.8) is 0 Å². The molecular weight excluding hydrogens is 316 g/mol. The van der Waals surface area contributed by atoms with Gasteiger partial charge >= 0.3 is 0 Å². The first-order valence-electron chi connectivity index (χ1n) is 8.23. The van der Waals surface area contributed by atoms with Crippen molar-refractivity contribution < 1.29 is 4.79 Å². The normalized spacial score (nSPS) is 19.6. The van der Waals surface area contributed by atoms with Gasteiger partial charge in [-0.1, -0.05) is 20.3 Å². The van der Waals surface area contributed by atoms with Crippen LogP contribution in [-0.4, -0.2) is 29.9 Å². The van der Waals surface area contributed by atoms with Crippen molar-refractivity contribution in [2.75, 3.05) is 13.1 Å². The van der Waals surface area contributed by atoms with E-state index in [2.05, 4.69) is 26.8 Å². The number of hydrogen-bond donors (Lipinski definition) is 1. The van der Waals surface area contributed by atoms with Gasteiger partial charge in [0, 0.05) is 24.0 Å². The van der Waals surface area contributed by atoms with Crippen LogP contribution in [0.3, 0.4) is 0 Å². The molecule has 2 heterocycles. The van der Waals surface area contributed by atoms with E-state index in [4.69, 9.17) is 5.73 Å². The van der Waals surface area contributed by atoms with Crippen LogP contribution < -0.4 is 5.73 Å². The minimum atomic E-state index is 0. The van der Waals surface area contributed by atoms with Crippen molar-refractivity contribution in [1.82, 2.24) is 4.90 Å². The number of nitrogens with zero attached hydrogens (tertiary/aromatic N) is 1. The van der Waals surface area contributed by atoms with Gasteiger partial charge < -0.3 is 10.6 Å². The van der Waals surface area contributed by atoms with E-state index in [1.807, 2.05) is 4.90 Å². The van der Waals surface area contributed by atoms with E-state index in [9.17, 15) is 4.79 Å². The number of rotatable bonds is 5. The first-order chi connectivity index (χ1) is 10.1. The number of likely N-dealkylation sites (tertiary alicyclic amines) is 1. The van der Waals surface area contributed by atoms with Crippen LogP contribution in [0, 0.1) is 5.92 Å². The molecule has 0 radical (unpaired) electrons. The lowest BCUT2D eigenvalue weighted by molar-refractivity contribution is 0.0666. The fraction of sp³-hybridized carbons (Fsp3) is 0.706. The van der Waals surface area contributed by atoms with Crippen LogP contribution in [0.5, 0.6) is 0 Å². The zero-order chi connectivity index (χ0) is 15.4. The molecule has 126 valence electrons. The number of aryl methyl sites for hydroxylation is 2. The number of hydrogen-bond acceptors (Lipinski definition) is 3. The molecule has 0 aliphatic carbocycles. The summed E-state index contributed by atoms with van der Waals surface area (Å²) in [6.45, 7) is 8.11. The highest BCUT2D eigenvalue weighted by molar-refractivity contribution is 7.14. The quantitative estimate of drug-likeness (QED) is 0.880. The second-order valence-electron chi connectivity index (χ2n) is 6.18. The third-order valence-electron chi connectivity index (χ3n) is 4.45. The summed E-state index contributed by atoms with van der Waals surface area (Å²) < 4.78 is 0. The van der Waals surface area contributed by atoms with Crippen LogP contribution in [0.2, 0.25) is 0 Å². The standard InChI is InChI=1S/C17H28N2OS.ClH/c1-4-7-15-13(5-2)10-16(21-15)17(20)19-9-6-8-14(11-19)12(3)18;/h10,12,14H,4-9,11,18H2,1-3H3;1H. The lowest BCUT2D eigenvalue weighted by atomic mass is 9.92. The summed E-state index contributed by atoms with van der Waals surface area (Å²) in [5.74, 6) is 0.658. The zero-order valence-electron chi connectivity index (χ0n) is 13.9. The smallest absolute Gasteiger partial charge is 0.263 e. The predicted molar refractivity (Wildman–Crippen MR) is 97.2 cm³/mol. The zero-order valence-corrected chi connectivity index (χ0v) is 15.6. The molecule has 3 nitrogen and oxygen atoms in total. The maximum atomic E-state index is 12.7. The molecule has 1 amide bonds. The summed E-state index contributed by atoms with van der Waals surface area (Å²) in [5, 5.41) is 0. The van der Waals surface area contributed by atoms with E-state index >= 15 is 0 Å². The highest BCUT2D eigenvalue weighted by atomic mass is 35.5. The molecule has 2 N–H and O–H groups in total. The maximum Gasteiger partial charge on any atom is 0.263 e. The van der Waals surface area contributed by atoms with Crippen molar-refractivity contribution in [3.8, 4) is 0 Å². The average Bonchev–Trinajstić information content (AvgIpc) is 2.90. The summed E-state index contributed by atoms with van der Waals surface area (Å²) >= 11 is 1.70. The summed E-state index contributed by atoms with van der Waals surface area (Å²) in [6, 6.07) is 2.29. The molecule has 1 fully saturated rings. The van der Waals surface area contributed by atoms with Crippen LogP contribution in [0.25, 0.3) is 0 Å². The SMILES string of the molecule is CCCc1sc(C(=O)N2CCCC(C(C)N)C2)cc1CC.Cl. The molecule has 22 heavy (non-hydrogen) atoms. The van der Waals surface area contributed by atoms with E-state index in [-0.39, 0.29) is 24.4 Å². The average molecular weight is 345 g/mol. The van der Waals surface area contributed by atoms with Crippen molar-refractivity contribution in [1.29, 1.82) is 0 Å². The van der Waals surface area contributed by atoms with Gasteiger partial charge in [0.2, 0.25) is 0 Å². The summed E-state index contributed by atoms with van der Waals surface area (Å²) in [6.07, 6.45) is 5.46. The van der Waals surface area contributed by atoms with Gasteiger partial charge in [-0.2, -0.15) is 0 Å². The van der Waals surface area contributed by atoms with E-state index in [0.717, 1.165) is 50.1 Å². The molecule has 1 aromatic heterocycles. The van der Waals surface area contributed by atoms with Crippen molar-refractivity contribution in [3.05, 3.63) is 21.4 Å². The monoisotopic (exact) mass is 344 g/mol. The molecule has 5 heteroatoms. The van der Waals surface area contributed by atoms with E-state index in [1.165, 1.54) is 10.4 Å². The van der Waals surface area contributed by atoms with Gasteiger partial charge in [0.25, 0.3) is 5.91 Å². The Bertz CT molecular complexity index is 487.